The van der Waals surface area contributed by atoms with Gasteiger partial charge in [0.2, 0.25) is 0 Å². The molecule has 1 aliphatic heterocycles. The van der Waals surface area contributed by atoms with E-state index >= 15 is 0 Å². The predicted octanol–water partition coefficient (Wildman–Crippen LogP) is 2.77. The standard InChI is InChI=1S/C16H26O5/c1-15(2)9-8-12(21-15)10-16(13(17)18,14(19)20-3)11-6-4-5-7-11/h11-12H,4-10H2,1-3H3,(H,17,18). The van der Waals surface area contributed by atoms with E-state index in [0.717, 1.165) is 38.5 Å². The third-order valence-corrected chi connectivity index (χ3v) is 5.09. The van der Waals surface area contributed by atoms with Crippen molar-refractivity contribution in [2.75, 3.05) is 7.11 Å². The Balaban J connectivity index is 2.26. The van der Waals surface area contributed by atoms with Crippen LogP contribution in [0.15, 0.2) is 0 Å². The summed E-state index contributed by atoms with van der Waals surface area (Å²) < 4.78 is 10.8. The number of rotatable bonds is 5. The summed E-state index contributed by atoms with van der Waals surface area (Å²) in [6.45, 7) is 4.01. The number of carboxylic acids is 1. The number of hydrogen-bond acceptors (Lipinski definition) is 4. The van der Waals surface area contributed by atoms with Crippen LogP contribution < -0.4 is 0 Å². The normalized spacial score (nSPS) is 28.2. The first kappa shape index (κ1) is 16.3. The Bertz CT molecular complexity index is 411. The number of carbonyl (C=O) groups excluding carboxylic acids is 1. The highest BCUT2D eigenvalue weighted by Crippen LogP contribution is 2.47. The molecule has 0 amide bonds. The van der Waals surface area contributed by atoms with E-state index < -0.39 is 17.4 Å². The molecule has 2 aliphatic rings. The quantitative estimate of drug-likeness (QED) is 0.624. The number of esters is 1. The summed E-state index contributed by atoms with van der Waals surface area (Å²) in [7, 11) is 1.27. The molecule has 1 N–H and O–H groups in total. The summed E-state index contributed by atoms with van der Waals surface area (Å²) >= 11 is 0. The molecule has 21 heavy (non-hydrogen) atoms. The van der Waals surface area contributed by atoms with Crippen molar-refractivity contribution < 1.29 is 24.2 Å². The maximum absolute atomic E-state index is 12.4. The molecule has 0 aromatic heterocycles. The van der Waals surface area contributed by atoms with Gasteiger partial charge in [0, 0.05) is 6.42 Å². The lowest BCUT2D eigenvalue weighted by atomic mass is 9.70. The topological polar surface area (TPSA) is 72.8 Å². The van der Waals surface area contributed by atoms with Crippen molar-refractivity contribution in [2.45, 2.75) is 70.5 Å². The van der Waals surface area contributed by atoms with E-state index in [2.05, 4.69) is 0 Å². The summed E-state index contributed by atoms with van der Waals surface area (Å²) in [5, 5.41) is 9.82. The molecule has 5 heteroatoms. The van der Waals surface area contributed by atoms with Crippen LogP contribution >= 0.6 is 0 Å². The first-order valence-corrected chi connectivity index (χ1v) is 7.81. The van der Waals surface area contributed by atoms with E-state index in [-0.39, 0.29) is 24.0 Å². The Morgan fingerprint density at radius 1 is 1.29 bits per heavy atom. The van der Waals surface area contributed by atoms with Gasteiger partial charge in [-0.3, -0.25) is 9.59 Å². The van der Waals surface area contributed by atoms with Crippen LogP contribution in [0.5, 0.6) is 0 Å². The number of hydrogen-bond donors (Lipinski definition) is 1. The molecular formula is C16H26O5. The van der Waals surface area contributed by atoms with Crippen LogP contribution in [0.2, 0.25) is 0 Å². The minimum absolute atomic E-state index is 0.144. The van der Waals surface area contributed by atoms with Gasteiger partial charge >= 0.3 is 11.9 Å². The van der Waals surface area contributed by atoms with Gasteiger partial charge in [-0.25, -0.2) is 0 Å². The van der Waals surface area contributed by atoms with E-state index in [9.17, 15) is 14.7 Å². The Morgan fingerprint density at radius 2 is 1.90 bits per heavy atom. The lowest BCUT2D eigenvalue weighted by Crippen LogP contribution is -2.48. The molecule has 5 nitrogen and oxygen atoms in total. The first-order chi connectivity index (χ1) is 9.82. The van der Waals surface area contributed by atoms with E-state index in [0.29, 0.717) is 0 Å². The zero-order valence-electron chi connectivity index (χ0n) is 13.2. The number of aliphatic carboxylic acids is 1. The van der Waals surface area contributed by atoms with Crippen LogP contribution in [0.4, 0.5) is 0 Å². The lowest BCUT2D eigenvalue weighted by Gasteiger charge is -2.34. The van der Waals surface area contributed by atoms with Gasteiger partial charge < -0.3 is 14.6 Å². The van der Waals surface area contributed by atoms with Gasteiger partial charge in [0.15, 0.2) is 5.41 Å². The van der Waals surface area contributed by atoms with E-state index in [4.69, 9.17) is 9.47 Å². The fraction of sp³-hybridized carbons (Fsp3) is 0.875. The zero-order valence-corrected chi connectivity index (χ0v) is 13.2. The highest BCUT2D eigenvalue weighted by atomic mass is 16.5. The molecule has 2 atom stereocenters. The van der Waals surface area contributed by atoms with Crippen molar-refractivity contribution in [3.8, 4) is 0 Å². The molecule has 2 unspecified atom stereocenters. The summed E-state index contributed by atoms with van der Waals surface area (Å²) in [5.41, 5.74) is -1.68. The fourth-order valence-corrected chi connectivity index (χ4v) is 3.95. The third-order valence-electron chi connectivity index (χ3n) is 5.09. The second-order valence-electron chi connectivity index (χ2n) is 6.99. The van der Waals surface area contributed by atoms with Crippen molar-refractivity contribution >= 4 is 11.9 Å². The summed E-state index contributed by atoms with van der Waals surface area (Å²) in [6.07, 6.45) is 5.24. The second-order valence-corrected chi connectivity index (χ2v) is 6.99. The predicted molar refractivity (Wildman–Crippen MR) is 76.8 cm³/mol. The molecule has 0 aromatic rings. The Kier molecular flexibility index (Phi) is 4.61. The average molecular weight is 298 g/mol. The molecule has 0 aromatic carbocycles. The minimum Gasteiger partial charge on any atom is -0.480 e. The van der Waals surface area contributed by atoms with Crippen LogP contribution in [0.25, 0.3) is 0 Å². The summed E-state index contributed by atoms with van der Waals surface area (Å²) in [4.78, 5) is 24.4. The van der Waals surface area contributed by atoms with Gasteiger partial charge in [-0.05, 0) is 45.4 Å². The Labute approximate surface area is 126 Å². The monoisotopic (exact) mass is 298 g/mol. The molecule has 1 aliphatic carbocycles. The van der Waals surface area contributed by atoms with Crippen LogP contribution in [0.1, 0.15) is 58.8 Å². The maximum atomic E-state index is 12.4. The zero-order chi connectivity index (χ0) is 15.7. The van der Waals surface area contributed by atoms with E-state index in [1.54, 1.807) is 0 Å². The van der Waals surface area contributed by atoms with Crippen LogP contribution in [0, 0.1) is 11.3 Å². The number of methoxy groups -OCH3 is 1. The largest absolute Gasteiger partial charge is 0.480 e. The SMILES string of the molecule is COC(=O)C(CC1CCC(C)(C)O1)(C(=O)O)C1CCCC1. The van der Waals surface area contributed by atoms with Gasteiger partial charge in [-0.2, -0.15) is 0 Å². The van der Waals surface area contributed by atoms with Gasteiger partial charge in [0.1, 0.15) is 0 Å². The van der Waals surface area contributed by atoms with Gasteiger partial charge in [-0.1, -0.05) is 12.8 Å². The van der Waals surface area contributed by atoms with E-state index in [1.165, 1.54) is 7.11 Å². The third kappa shape index (κ3) is 3.07. The molecule has 0 radical (unpaired) electrons. The minimum atomic E-state index is -1.45. The Hall–Kier alpha value is -1.10. The fourth-order valence-electron chi connectivity index (χ4n) is 3.95. The van der Waals surface area contributed by atoms with Gasteiger partial charge in [-0.15, -0.1) is 0 Å². The first-order valence-electron chi connectivity index (χ1n) is 7.81. The highest BCUT2D eigenvalue weighted by molar-refractivity contribution is 5.99. The molecule has 0 bridgehead atoms. The smallest absolute Gasteiger partial charge is 0.323 e. The number of ether oxygens (including phenoxy) is 2. The van der Waals surface area contributed by atoms with Crippen LogP contribution in [-0.2, 0) is 19.1 Å². The highest BCUT2D eigenvalue weighted by Gasteiger charge is 2.56. The van der Waals surface area contributed by atoms with Crippen molar-refractivity contribution in [3.63, 3.8) is 0 Å². The molecule has 1 saturated heterocycles. The average Bonchev–Trinajstić information content (AvgIpc) is 3.04. The number of carbonyl (C=O) groups is 2. The van der Waals surface area contributed by atoms with Gasteiger partial charge in [0.05, 0.1) is 18.8 Å². The van der Waals surface area contributed by atoms with Crippen molar-refractivity contribution in [1.82, 2.24) is 0 Å². The lowest BCUT2D eigenvalue weighted by molar-refractivity contribution is -0.176. The Morgan fingerprint density at radius 3 is 2.33 bits per heavy atom. The van der Waals surface area contributed by atoms with Crippen LogP contribution in [-0.4, -0.2) is 35.9 Å². The molecule has 1 heterocycles. The molecule has 2 rings (SSSR count). The summed E-state index contributed by atoms with van der Waals surface area (Å²) in [6, 6.07) is 0. The molecule has 2 fully saturated rings. The van der Waals surface area contributed by atoms with Crippen molar-refractivity contribution in [2.24, 2.45) is 11.3 Å². The molecule has 0 spiro atoms. The number of carboxylic acid groups (broad SMARTS) is 1. The van der Waals surface area contributed by atoms with Gasteiger partial charge in [0.25, 0.3) is 0 Å². The second kappa shape index (κ2) is 5.95. The maximum Gasteiger partial charge on any atom is 0.323 e. The molecule has 1 saturated carbocycles. The van der Waals surface area contributed by atoms with Crippen molar-refractivity contribution in [1.29, 1.82) is 0 Å². The van der Waals surface area contributed by atoms with Crippen molar-refractivity contribution in [3.05, 3.63) is 0 Å². The summed E-state index contributed by atoms with van der Waals surface area (Å²) in [5.74, 6) is -1.82. The van der Waals surface area contributed by atoms with E-state index in [1.807, 2.05) is 13.8 Å². The molecule has 120 valence electrons. The van der Waals surface area contributed by atoms with Crippen LogP contribution in [0.3, 0.4) is 0 Å². The molecular weight excluding hydrogens is 272 g/mol.